The number of hydrogen-bond acceptors (Lipinski definition) is 8. The van der Waals surface area contributed by atoms with Gasteiger partial charge in [-0.2, -0.15) is 15.2 Å². The Kier molecular flexibility index (Phi) is 11.8. The van der Waals surface area contributed by atoms with E-state index in [0.717, 1.165) is 90.3 Å². The third kappa shape index (κ3) is 8.17. The van der Waals surface area contributed by atoms with Crippen LogP contribution >= 0.6 is 34.2 Å². The Hall–Kier alpha value is -3.92. The summed E-state index contributed by atoms with van der Waals surface area (Å²) in [6.07, 6.45) is 8.01. The van der Waals surface area contributed by atoms with Crippen LogP contribution in [0, 0.1) is 14.9 Å². The molecule has 1 amide bonds. The number of fused-ring (bicyclic) bond motifs is 2. The van der Waals surface area contributed by atoms with Gasteiger partial charge in [-0.1, -0.05) is 54.6 Å². The summed E-state index contributed by atoms with van der Waals surface area (Å²) < 4.78 is 7.82. The van der Waals surface area contributed by atoms with Gasteiger partial charge in [0.05, 0.1) is 35.8 Å². The van der Waals surface area contributed by atoms with Gasteiger partial charge in [0.1, 0.15) is 12.4 Å². The number of aromatic nitrogens is 2. The average molecular weight is 830 g/mol. The van der Waals surface area contributed by atoms with Gasteiger partial charge in [0.15, 0.2) is 0 Å². The first-order valence-corrected chi connectivity index (χ1v) is 19.9. The van der Waals surface area contributed by atoms with E-state index in [1.165, 1.54) is 21.6 Å². The standard InChI is InChI=1S/C41H45ClIN7O2/c1-2-38(51)50-24-23-49(26-32(50)17-19-44)40-34-18-22-48(37-16-7-12-30-11-6-15-35(42)39(30)37)27-36(34)45-41(46-40)52-28-33-14-8-21-47(33)20-4-3-9-29-10-5-13-31(43)25-29/h2,5-7,10-13,15-16,25,32-33H,1,3-4,8-9,14,17-18,20-24,26-28H2/t32-,33-/m0/s1. The summed E-state index contributed by atoms with van der Waals surface area (Å²) in [5, 5.41) is 12.5. The first-order valence-electron chi connectivity index (χ1n) is 18.4. The second-order valence-electron chi connectivity index (χ2n) is 14.0. The lowest BCUT2D eigenvalue weighted by atomic mass is 10.0. The molecule has 7 rings (SSSR count). The van der Waals surface area contributed by atoms with Gasteiger partial charge >= 0.3 is 6.01 Å². The number of halogens is 2. The van der Waals surface area contributed by atoms with Gasteiger partial charge in [-0.3, -0.25) is 9.69 Å². The third-order valence-corrected chi connectivity index (χ3v) is 11.7. The Morgan fingerprint density at radius 3 is 2.71 bits per heavy atom. The smallest absolute Gasteiger partial charge is 0.318 e. The topological polar surface area (TPSA) is 88.8 Å². The Balaban J connectivity index is 1.11. The minimum atomic E-state index is -0.255. The quantitative estimate of drug-likeness (QED) is 0.0829. The van der Waals surface area contributed by atoms with Crippen molar-refractivity contribution < 1.29 is 9.53 Å². The second kappa shape index (κ2) is 16.8. The number of likely N-dealkylation sites (tertiary alicyclic amines) is 1. The van der Waals surface area contributed by atoms with Gasteiger partial charge in [-0.25, -0.2) is 0 Å². The number of nitriles is 1. The van der Waals surface area contributed by atoms with Crippen molar-refractivity contribution in [2.75, 3.05) is 55.7 Å². The lowest BCUT2D eigenvalue weighted by molar-refractivity contribution is -0.128. The van der Waals surface area contributed by atoms with Gasteiger partial charge in [0, 0.05) is 52.4 Å². The summed E-state index contributed by atoms with van der Waals surface area (Å²) in [6.45, 7) is 9.36. The summed E-state index contributed by atoms with van der Waals surface area (Å²) in [7, 11) is 0. The third-order valence-electron chi connectivity index (χ3n) is 10.7. The van der Waals surface area contributed by atoms with Gasteiger partial charge in [0.25, 0.3) is 0 Å². The SMILES string of the molecule is C=CC(=O)N1CCN(c2nc(OC[C@@H]3CCCN3CCCCc3cccc(I)c3)nc3c2CCN(c2cccc4cccc(Cl)c24)C3)C[C@@H]1CC#N. The molecule has 270 valence electrons. The maximum atomic E-state index is 12.7. The number of hydrogen-bond donors (Lipinski definition) is 0. The molecule has 3 aliphatic rings. The first-order chi connectivity index (χ1) is 25.4. The maximum absolute atomic E-state index is 12.7. The molecule has 2 saturated heterocycles. The molecule has 0 unspecified atom stereocenters. The van der Waals surface area contributed by atoms with E-state index in [1.807, 2.05) is 12.1 Å². The zero-order valence-electron chi connectivity index (χ0n) is 29.5. The molecule has 52 heavy (non-hydrogen) atoms. The predicted octanol–water partition coefficient (Wildman–Crippen LogP) is 7.43. The number of aryl methyl sites for hydroxylation is 1. The minimum absolute atomic E-state index is 0.144. The highest BCUT2D eigenvalue weighted by Crippen LogP contribution is 2.37. The highest BCUT2D eigenvalue weighted by atomic mass is 127. The van der Waals surface area contributed by atoms with Crippen LogP contribution < -0.4 is 14.5 Å². The van der Waals surface area contributed by atoms with E-state index in [4.69, 9.17) is 26.3 Å². The Labute approximate surface area is 325 Å². The average Bonchev–Trinajstić information content (AvgIpc) is 3.62. The van der Waals surface area contributed by atoms with Crippen LogP contribution in [0.1, 0.15) is 48.9 Å². The van der Waals surface area contributed by atoms with E-state index in [-0.39, 0.29) is 18.4 Å². The number of benzene rings is 3. The van der Waals surface area contributed by atoms with Crippen molar-refractivity contribution in [1.82, 2.24) is 19.8 Å². The first kappa shape index (κ1) is 36.4. The van der Waals surface area contributed by atoms with Crippen LogP contribution in [0.5, 0.6) is 6.01 Å². The number of carbonyl (C=O) groups excluding carboxylic acids is 1. The van der Waals surface area contributed by atoms with Crippen molar-refractivity contribution in [2.24, 2.45) is 0 Å². The molecule has 3 aliphatic heterocycles. The fourth-order valence-corrected chi connectivity index (χ4v) is 8.97. The summed E-state index contributed by atoms with van der Waals surface area (Å²) in [4.78, 5) is 31.8. The molecule has 0 radical (unpaired) electrons. The molecule has 9 nitrogen and oxygen atoms in total. The molecule has 2 fully saturated rings. The fraction of sp³-hybridized carbons (Fsp3) is 0.415. The molecule has 3 aromatic carbocycles. The van der Waals surface area contributed by atoms with E-state index in [2.05, 4.69) is 98.5 Å². The molecule has 0 spiro atoms. The van der Waals surface area contributed by atoms with Crippen LogP contribution in [0.25, 0.3) is 10.8 Å². The number of unbranched alkanes of at least 4 members (excludes halogenated alkanes) is 1. The number of amides is 1. The highest BCUT2D eigenvalue weighted by molar-refractivity contribution is 14.1. The number of nitrogens with zero attached hydrogens (tertiary/aromatic N) is 7. The largest absolute Gasteiger partial charge is 0.462 e. The summed E-state index contributed by atoms with van der Waals surface area (Å²) in [5.74, 6) is 0.706. The normalized spacial score (nSPS) is 19.1. The van der Waals surface area contributed by atoms with E-state index < -0.39 is 0 Å². The second-order valence-corrected chi connectivity index (χ2v) is 15.6. The van der Waals surface area contributed by atoms with Crippen molar-refractivity contribution in [2.45, 2.75) is 63.6 Å². The Morgan fingerprint density at radius 2 is 1.88 bits per heavy atom. The number of rotatable bonds is 12. The van der Waals surface area contributed by atoms with Crippen molar-refractivity contribution >= 4 is 62.4 Å². The molecule has 2 atom stereocenters. The maximum Gasteiger partial charge on any atom is 0.318 e. The van der Waals surface area contributed by atoms with Crippen molar-refractivity contribution in [1.29, 1.82) is 5.26 Å². The molecule has 0 N–H and O–H groups in total. The number of anilines is 2. The number of carbonyl (C=O) groups is 1. The van der Waals surface area contributed by atoms with E-state index in [9.17, 15) is 10.1 Å². The van der Waals surface area contributed by atoms with E-state index in [0.29, 0.717) is 44.8 Å². The lowest BCUT2D eigenvalue weighted by Crippen LogP contribution is -2.55. The van der Waals surface area contributed by atoms with Crippen LogP contribution in [0.4, 0.5) is 11.5 Å². The number of piperazine rings is 1. The van der Waals surface area contributed by atoms with Gasteiger partial charge < -0.3 is 19.4 Å². The van der Waals surface area contributed by atoms with Crippen LogP contribution in [0.15, 0.2) is 73.3 Å². The van der Waals surface area contributed by atoms with Gasteiger partial charge in [-0.15, -0.1) is 0 Å². The molecular weight excluding hydrogens is 785 g/mol. The summed E-state index contributed by atoms with van der Waals surface area (Å²) in [5.41, 5.74) is 4.54. The number of ether oxygens (including phenoxy) is 1. The molecule has 4 aromatic rings. The fourth-order valence-electron chi connectivity index (χ4n) is 8.08. The molecule has 1 aromatic heterocycles. The zero-order chi connectivity index (χ0) is 36.0. The Bertz CT molecular complexity index is 1960. The predicted molar refractivity (Wildman–Crippen MR) is 216 cm³/mol. The molecular formula is C41H45ClIN7O2. The minimum Gasteiger partial charge on any atom is -0.462 e. The van der Waals surface area contributed by atoms with Crippen molar-refractivity contribution in [3.63, 3.8) is 0 Å². The molecule has 0 aliphatic carbocycles. The van der Waals surface area contributed by atoms with Crippen molar-refractivity contribution in [3.8, 4) is 12.1 Å². The highest BCUT2D eigenvalue weighted by Gasteiger charge is 2.34. The van der Waals surface area contributed by atoms with Crippen LogP contribution in [-0.4, -0.2) is 83.6 Å². The van der Waals surface area contributed by atoms with Gasteiger partial charge in [-0.05, 0) is 115 Å². The van der Waals surface area contributed by atoms with Crippen molar-refractivity contribution in [3.05, 3.63) is 98.7 Å². The molecule has 0 bridgehead atoms. The molecule has 11 heteroatoms. The summed E-state index contributed by atoms with van der Waals surface area (Å²) >= 11 is 9.15. The van der Waals surface area contributed by atoms with Crippen LogP contribution in [0.2, 0.25) is 5.02 Å². The van der Waals surface area contributed by atoms with Crippen LogP contribution in [-0.2, 0) is 24.2 Å². The molecule has 0 saturated carbocycles. The van der Waals surface area contributed by atoms with E-state index >= 15 is 0 Å². The zero-order valence-corrected chi connectivity index (χ0v) is 32.4. The van der Waals surface area contributed by atoms with Crippen LogP contribution in [0.3, 0.4) is 0 Å². The van der Waals surface area contributed by atoms with Gasteiger partial charge in [0.2, 0.25) is 5.91 Å². The monoisotopic (exact) mass is 829 g/mol. The summed E-state index contributed by atoms with van der Waals surface area (Å²) in [6, 6.07) is 23.9. The molecule has 4 heterocycles. The van der Waals surface area contributed by atoms with E-state index in [1.54, 1.807) is 4.90 Å². The Morgan fingerprint density at radius 1 is 1.04 bits per heavy atom. The lowest BCUT2D eigenvalue weighted by Gasteiger charge is -2.42.